The van der Waals surface area contributed by atoms with Crippen LogP contribution in [0.5, 0.6) is 5.75 Å². The van der Waals surface area contributed by atoms with Gasteiger partial charge in [0.1, 0.15) is 11.4 Å². The first-order valence-corrected chi connectivity index (χ1v) is 8.75. The first kappa shape index (κ1) is 16.7. The summed E-state index contributed by atoms with van der Waals surface area (Å²) in [7, 11) is 3.63. The first-order chi connectivity index (χ1) is 11.4. The number of nitrogens with zero attached hydrogens (tertiary/aromatic N) is 2. The molecule has 0 amide bonds. The molecule has 2 heterocycles. The van der Waals surface area contributed by atoms with Gasteiger partial charge in [0.05, 0.1) is 23.9 Å². The number of anilines is 1. The van der Waals surface area contributed by atoms with Crippen molar-refractivity contribution in [2.75, 3.05) is 19.5 Å². The molecule has 0 atom stereocenters. The van der Waals surface area contributed by atoms with Crippen molar-refractivity contribution in [1.82, 2.24) is 9.38 Å². The normalized spacial score (nSPS) is 11.7. The van der Waals surface area contributed by atoms with E-state index in [0.717, 1.165) is 33.2 Å². The highest BCUT2D eigenvalue weighted by Crippen LogP contribution is 2.39. The molecule has 0 aliphatic carbocycles. The second kappa shape index (κ2) is 6.40. The zero-order valence-corrected chi connectivity index (χ0v) is 15.6. The third-order valence-corrected chi connectivity index (χ3v) is 4.80. The van der Waals surface area contributed by atoms with Crippen LogP contribution in [0.2, 0.25) is 0 Å². The van der Waals surface area contributed by atoms with E-state index in [2.05, 4.69) is 65.9 Å². The van der Waals surface area contributed by atoms with Crippen molar-refractivity contribution < 1.29 is 4.74 Å². The molecule has 0 saturated carbocycles. The van der Waals surface area contributed by atoms with Crippen LogP contribution in [0.3, 0.4) is 0 Å². The molecule has 3 aromatic rings. The highest BCUT2D eigenvalue weighted by molar-refractivity contribution is 8.00. The van der Waals surface area contributed by atoms with Crippen molar-refractivity contribution in [3.63, 3.8) is 0 Å². The molecule has 4 nitrogen and oxygen atoms in total. The Bertz CT molecular complexity index is 865. The maximum absolute atomic E-state index is 5.57. The van der Waals surface area contributed by atoms with Gasteiger partial charge >= 0.3 is 0 Å². The topological polar surface area (TPSA) is 38.6 Å². The van der Waals surface area contributed by atoms with Gasteiger partial charge in [0.25, 0.3) is 0 Å². The maximum Gasteiger partial charge on any atom is 0.140 e. The molecule has 126 valence electrons. The molecule has 1 N–H and O–H groups in total. The highest BCUT2D eigenvalue weighted by atomic mass is 32.2. The Morgan fingerprint density at radius 2 is 2.00 bits per heavy atom. The Labute approximate surface area is 147 Å². The summed E-state index contributed by atoms with van der Waals surface area (Å²) in [6.45, 7) is 6.60. The Morgan fingerprint density at radius 3 is 2.67 bits per heavy atom. The van der Waals surface area contributed by atoms with Crippen LogP contribution in [0.25, 0.3) is 16.9 Å². The van der Waals surface area contributed by atoms with Crippen molar-refractivity contribution in [1.29, 1.82) is 0 Å². The third kappa shape index (κ3) is 3.36. The first-order valence-electron chi connectivity index (χ1n) is 7.93. The Balaban J connectivity index is 2.15. The van der Waals surface area contributed by atoms with Crippen molar-refractivity contribution in [3.05, 3.63) is 42.7 Å². The van der Waals surface area contributed by atoms with E-state index in [1.54, 1.807) is 18.9 Å². The van der Waals surface area contributed by atoms with Crippen LogP contribution in [0.15, 0.2) is 47.6 Å². The lowest BCUT2D eigenvalue weighted by Crippen LogP contribution is -2.07. The molecular weight excluding hydrogens is 318 g/mol. The van der Waals surface area contributed by atoms with Gasteiger partial charge in [-0.3, -0.25) is 4.40 Å². The number of hydrogen-bond donors (Lipinski definition) is 1. The molecule has 24 heavy (non-hydrogen) atoms. The maximum atomic E-state index is 5.57. The molecule has 0 aliphatic heterocycles. The summed E-state index contributed by atoms with van der Waals surface area (Å²) < 4.78 is 7.80. The standard InChI is InChI=1S/C19H23N3OS/c1-19(2,3)24-17-12-22-15(11-21-18(22)10-16(17)23-5)13-7-6-8-14(9-13)20-4/h6-12,20H,1-5H3. The second-order valence-electron chi connectivity index (χ2n) is 6.62. The van der Waals surface area contributed by atoms with Gasteiger partial charge in [-0.05, 0) is 12.1 Å². The molecule has 1 aromatic carbocycles. The molecule has 0 fully saturated rings. The smallest absolute Gasteiger partial charge is 0.140 e. The van der Waals surface area contributed by atoms with E-state index in [4.69, 9.17) is 4.74 Å². The molecule has 3 rings (SSSR count). The average Bonchev–Trinajstić information content (AvgIpc) is 2.95. The van der Waals surface area contributed by atoms with E-state index in [-0.39, 0.29) is 4.75 Å². The number of rotatable bonds is 4. The largest absolute Gasteiger partial charge is 0.495 e. The molecule has 2 aromatic heterocycles. The quantitative estimate of drug-likeness (QED) is 0.682. The van der Waals surface area contributed by atoms with Crippen LogP contribution in [0, 0.1) is 0 Å². The molecule has 0 unspecified atom stereocenters. The van der Waals surface area contributed by atoms with Crippen molar-refractivity contribution in [2.24, 2.45) is 0 Å². The number of ether oxygens (including phenoxy) is 1. The van der Waals surface area contributed by atoms with Crippen LogP contribution in [0.4, 0.5) is 5.69 Å². The van der Waals surface area contributed by atoms with E-state index in [9.17, 15) is 0 Å². The number of pyridine rings is 1. The van der Waals surface area contributed by atoms with E-state index < -0.39 is 0 Å². The number of imidazole rings is 1. The molecule has 0 saturated heterocycles. The van der Waals surface area contributed by atoms with E-state index >= 15 is 0 Å². The van der Waals surface area contributed by atoms with Gasteiger partial charge in [-0.15, -0.1) is 11.8 Å². The SMILES string of the molecule is CNc1cccc(-c2cnc3cc(OC)c(SC(C)(C)C)cn23)c1. The predicted molar refractivity (Wildman–Crippen MR) is 102 cm³/mol. The minimum Gasteiger partial charge on any atom is -0.495 e. The monoisotopic (exact) mass is 341 g/mol. The fourth-order valence-electron chi connectivity index (χ4n) is 2.60. The van der Waals surface area contributed by atoms with Gasteiger partial charge < -0.3 is 10.1 Å². The number of hydrogen-bond acceptors (Lipinski definition) is 4. The summed E-state index contributed by atoms with van der Waals surface area (Å²) in [4.78, 5) is 5.66. The van der Waals surface area contributed by atoms with Crippen molar-refractivity contribution >= 4 is 23.1 Å². The van der Waals surface area contributed by atoms with Gasteiger partial charge in [0.2, 0.25) is 0 Å². The van der Waals surface area contributed by atoms with Crippen LogP contribution >= 0.6 is 11.8 Å². The lowest BCUT2D eigenvalue weighted by molar-refractivity contribution is 0.404. The van der Waals surface area contributed by atoms with Crippen LogP contribution in [-0.4, -0.2) is 28.3 Å². The van der Waals surface area contributed by atoms with Crippen molar-refractivity contribution in [3.8, 4) is 17.0 Å². The Hall–Kier alpha value is -2.14. The second-order valence-corrected chi connectivity index (χ2v) is 8.49. The van der Waals surface area contributed by atoms with Gasteiger partial charge in [0, 0.05) is 35.3 Å². The minimum atomic E-state index is 0.105. The lowest BCUT2D eigenvalue weighted by Gasteiger charge is -2.19. The fraction of sp³-hybridized carbons (Fsp3) is 0.316. The van der Waals surface area contributed by atoms with Gasteiger partial charge in [-0.25, -0.2) is 4.98 Å². The summed E-state index contributed by atoms with van der Waals surface area (Å²) in [5.74, 6) is 0.864. The summed E-state index contributed by atoms with van der Waals surface area (Å²) in [6.07, 6.45) is 4.04. The Kier molecular flexibility index (Phi) is 4.45. The summed E-state index contributed by atoms with van der Waals surface area (Å²) in [5.41, 5.74) is 4.17. The third-order valence-electron chi connectivity index (χ3n) is 3.66. The molecular formula is C19H23N3OS. The van der Waals surface area contributed by atoms with E-state index in [1.165, 1.54) is 0 Å². The summed E-state index contributed by atoms with van der Waals surface area (Å²) in [6, 6.07) is 10.3. The lowest BCUT2D eigenvalue weighted by atomic mass is 10.1. The van der Waals surface area contributed by atoms with E-state index in [0.29, 0.717) is 0 Å². The fourth-order valence-corrected chi connectivity index (χ4v) is 3.66. The summed E-state index contributed by atoms with van der Waals surface area (Å²) >= 11 is 1.80. The van der Waals surface area contributed by atoms with Crippen LogP contribution in [-0.2, 0) is 0 Å². The van der Waals surface area contributed by atoms with Crippen molar-refractivity contribution in [2.45, 2.75) is 30.4 Å². The average molecular weight is 341 g/mol. The van der Waals surface area contributed by atoms with E-state index in [1.807, 2.05) is 19.3 Å². The molecule has 0 radical (unpaired) electrons. The zero-order valence-electron chi connectivity index (χ0n) is 14.8. The minimum absolute atomic E-state index is 0.105. The summed E-state index contributed by atoms with van der Waals surface area (Å²) in [5, 5.41) is 3.18. The number of thioether (sulfide) groups is 1. The van der Waals surface area contributed by atoms with Gasteiger partial charge in [-0.1, -0.05) is 32.9 Å². The predicted octanol–water partition coefficient (Wildman–Crippen LogP) is 4.94. The molecule has 5 heteroatoms. The number of aromatic nitrogens is 2. The number of benzene rings is 1. The number of methoxy groups -OCH3 is 1. The number of fused-ring (bicyclic) bond motifs is 1. The molecule has 0 bridgehead atoms. The molecule has 0 aliphatic rings. The van der Waals surface area contributed by atoms with Crippen LogP contribution < -0.4 is 10.1 Å². The highest BCUT2D eigenvalue weighted by Gasteiger charge is 2.18. The Morgan fingerprint density at radius 1 is 1.21 bits per heavy atom. The molecule has 0 spiro atoms. The zero-order chi connectivity index (χ0) is 17.3. The van der Waals surface area contributed by atoms with Crippen LogP contribution in [0.1, 0.15) is 20.8 Å². The number of nitrogens with one attached hydrogen (secondary N) is 1. The van der Waals surface area contributed by atoms with Gasteiger partial charge in [0.15, 0.2) is 0 Å². The van der Waals surface area contributed by atoms with Gasteiger partial charge in [-0.2, -0.15) is 0 Å².